The number of nitrogens with zero attached hydrogens (tertiary/aromatic N) is 6. The lowest BCUT2D eigenvalue weighted by molar-refractivity contribution is 0.886. The van der Waals surface area contributed by atoms with Gasteiger partial charge in [-0.05, 0) is 30.7 Å². The van der Waals surface area contributed by atoms with Gasteiger partial charge in [-0.3, -0.25) is 4.40 Å². The summed E-state index contributed by atoms with van der Waals surface area (Å²) in [5, 5.41) is 14.7. The minimum Gasteiger partial charge on any atom is -0.265 e. The van der Waals surface area contributed by atoms with Crippen LogP contribution in [-0.2, 0) is 0 Å². The molecule has 0 aliphatic rings. The molecule has 0 bridgehead atoms. The number of fused-ring (bicyclic) bond motifs is 3. The summed E-state index contributed by atoms with van der Waals surface area (Å²) in [6, 6.07) is 15.6. The Balaban J connectivity index is 1.75. The minimum atomic E-state index is 0.653. The fourth-order valence-corrected chi connectivity index (χ4v) is 3.31. The second kappa shape index (κ2) is 5.64. The summed E-state index contributed by atoms with van der Waals surface area (Å²) >= 11 is 6.11. The summed E-state index contributed by atoms with van der Waals surface area (Å²) in [5.74, 6) is 0.695. The van der Waals surface area contributed by atoms with E-state index in [0.717, 1.165) is 27.8 Å². The lowest BCUT2D eigenvalue weighted by atomic mass is 10.2. The number of hydrogen-bond donors (Lipinski definition) is 0. The second-order valence-corrected chi connectivity index (χ2v) is 6.49. The molecule has 0 aliphatic heterocycles. The van der Waals surface area contributed by atoms with Crippen molar-refractivity contribution in [3.8, 4) is 17.1 Å². The Morgan fingerprint density at radius 2 is 1.85 bits per heavy atom. The first kappa shape index (κ1) is 15.0. The van der Waals surface area contributed by atoms with Gasteiger partial charge in [-0.2, -0.15) is 5.10 Å². The topological polar surface area (TPSA) is 60.9 Å². The van der Waals surface area contributed by atoms with Crippen molar-refractivity contribution in [3.63, 3.8) is 0 Å². The summed E-state index contributed by atoms with van der Waals surface area (Å²) < 4.78 is 3.69. The minimum absolute atomic E-state index is 0.653. The van der Waals surface area contributed by atoms with Crippen LogP contribution in [-0.4, -0.2) is 29.4 Å². The highest BCUT2D eigenvalue weighted by atomic mass is 35.5. The molecule has 0 radical (unpaired) electrons. The number of aryl methyl sites for hydroxylation is 1. The highest BCUT2D eigenvalue weighted by Crippen LogP contribution is 2.26. The highest BCUT2D eigenvalue weighted by molar-refractivity contribution is 6.30. The zero-order chi connectivity index (χ0) is 17.7. The number of rotatable bonds is 2. The maximum Gasteiger partial charge on any atom is 0.175 e. The molecule has 0 unspecified atom stereocenters. The smallest absolute Gasteiger partial charge is 0.175 e. The molecule has 0 atom stereocenters. The van der Waals surface area contributed by atoms with Crippen LogP contribution >= 0.6 is 11.6 Å². The van der Waals surface area contributed by atoms with E-state index in [1.807, 2.05) is 51.5 Å². The third kappa shape index (κ3) is 2.19. The van der Waals surface area contributed by atoms with Crippen molar-refractivity contribution in [2.24, 2.45) is 0 Å². The van der Waals surface area contributed by atoms with Crippen molar-refractivity contribution in [2.45, 2.75) is 6.92 Å². The zero-order valence-corrected chi connectivity index (χ0v) is 14.6. The Kier molecular flexibility index (Phi) is 3.26. The van der Waals surface area contributed by atoms with Gasteiger partial charge in [0.2, 0.25) is 0 Å². The van der Waals surface area contributed by atoms with E-state index in [1.165, 1.54) is 0 Å². The summed E-state index contributed by atoms with van der Waals surface area (Å²) in [7, 11) is 0. The van der Waals surface area contributed by atoms with Crippen molar-refractivity contribution in [1.29, 1.82) is 0 Å². The molecule has 0 fully saturated rings. The molecule has 3 aromatic heterocycles. The summed E-state index contributed by atoms with van der Waals surface area (Å²) in [4.78, 5) is 4.62. The fourth-order valence-electron chi connectivity index (χ4n) is 3.12. The number of aromatic nitrogens is 6. The summed E-state index contributed by atoms with van der Waals surface area (Å²) in [5.41, 5.74) is 4.47. The first-order valence-electron chi connectivity index (χ1n) is 8.12. The van der Waals surface area contributed by atoms with Gasteiger partial charge in [0.15, 0.2) is 17.1 Å². The summed E-state index contributed by atoms with van der Waals surface area (Å²) in [6.45, 7) is 2.05. The highest BCUT2D eigenvalue weighted by Gasteiger charge is 2.16. The average molecular weight is 361 g/mol. The lowest BCUT2D eigenvalue weighted by Gasteiger charge is -2.06. The van der Waals surface area contributed by atoms with Crippen LogP contribution in [0.4, 0.5) is 0 Å². The van der Waals surface area contributed by atoms with Gasteiger partial charge in [0.1, 0.15) is 6.33 Å². The molecule has 0 spiro atoms. The standard InChI is InChI=1S/C19H13ClN6/c1-12-5-2-3-8-16(12)26-18-15(10-22-26)19-24-23-17(25(19)11-21-18)13-6-4-7-14(20)9-13/h2-11H,1H3. The molecule has 0 saturated heterocycles. The van der Waals surface area contributed by atoms with Crippen molar-refractivity contribution in [3.05, 3.63) is 71.6 Å². The first-order valence-corrected chi connectivity index (χ1v) is 8.49. The molecule has 3 heterocycles. The molecule has 5 rings (SSSR count). The van der Waals surface area contributed by atoms with Crippen LogP contribution < -0.4 is 0 Å². The van der Waals surface area contributed by atoms with E-state index >= 15 is 0 Å². The molecule has 5 aromatic rings. The van der Waals surface area contributed by atoms with Crippen LogP contribution in [0.2, 0.25) is 5.02 Å². The summed E-state index contributed by atoms with van der Waals surface area (Å²) in [6.07, 6.45) is 3.50. The van der Waals surface area contributed by atoms with E-state index in [-0.39, 0.29) is 0 Å². The average Bonchev–Trinajstić information content (AvgIpc) is 3.26. The molecule has 2 aromatic carbocycles. The van der Waals surface area contributed by atoms with Crippen LogP contribution in [0.15, 0.2) is 61.1 Å². The van der Waals surface area contributed by atoms with Crippen LogP contribution in [0.5, 0.6) is 0 Å². The van der Waals surface area contributed by atoms with E-state index in [9.17, 15) is 0 Å². The van der Waals surface area contributed by atoms with Crippen molar-refractivity contribution in [1.82, 2.24) is 29.4 Å². The third-order valence-corrected chi connectivity index (χ3v) is 4.64. The Morgan fingerprint density at radius 3 is 2.69 bits per heavy atom. The van der Waals surface area contributed by atoms with Crippen LogP contribution in [0.1, 0.15) is 5.56 Å². The van der Waals surface area contributed by atoms with Crippen LogP contribution in [0, 0.1) is 6.92 Å². The molecule has 6 nitrogen and oxygen atoms in total. The molecule has 126 valence electrons. The Labute approximate surface area is 153 Å². The van der Waals surface area contributed by atoms with Crippen molar-refractivity contribution < 1.29 is 0 Å². The molecular weight excluding hydrogens is 348 g/mol. The van der Waals surface area contributed by atoms with E-state index in [0.29, 0.717) is 16.5 Å². The second-order valence-electron chi connectivity index (χ2n) is 6.05. The molecule has 26 heavy (non-hydrogen) atoms. The van der Waals surface area contributed by atoms with Crippen molar-refractivity contribution in [2.75, 3.05) is 0 Å². The monoisotopic (exact) mass is 360 g/mol. The van der Waals surface area contributed by atoms with Gasteiger partial charge in [0.25, 0.3) is 0 Å². The molecule has 0 aliphatic carbocycles. The van der Waals surface area contributed by atoms with Crippen LogP contribution in [0.3, 0.4) is 0 Å². The Bertz CT molecular complexity index is 1270. The Morgan fingerprint density at radius 1 is 0.962 bits per heavy atom. The third-order valence-electron chi connectivity index (χ3n) is 4.40. The van der Waals surface area contributed by atoms with Gasteiger partial charge in [-0.25, -0.2) is 9.67 Å². The van der Waals surface area contributed by atoms with Crippen LogP contribution in [0.25, 0.3) is 33.8 Å². The van der Waals surface area contributed by atoms with Gasteiger partial charge >= 0.3 is 0 Å². The number of hydrogen-bond acceptors (Lipinski definition) is 4. The fraction of sp³-hybridized carbons (Fsp3) is 0.0526. The zero-order valence-electron chi connectivity index (χ0n) is 13.8. The van der Waals surface area contributed by atoms with Gasteiger partial charge in [-0.15, -0.1) is 10.2 Å². The van der Waals surface area contributed by atoms with Gasteiger partial charge in [-0.1, -0.05) is 41.9 Å². The molecule has 7 heteroatoms. The maximum atomic E-state index is 6.11. The van der Waals surface area contributed by atoms with Crippen molar-refractivity contribution >= 4 is 28.3 Å². The predicted molar refractivity (Wildman–Crippen MR) is 101 cm³/mol. The quantitative estimate of drug-likeness (QED) is 0.475. The first-order chi connectivity index (χ1) is 12.7. The SMILES string of the molecule is Cc1ccccc1-n1ncc2c1ncn1c(-c3cccc(Cl)c3)nnc21. The van der Waals surface area contributed by atoms with Gasteiger partial charge in [0, 0.05) is 10.6 Å². The molecule has 0 amide bonds. The van der Waals surface area contributed by atoms with E-state index in [1.54, 1.807) is 12.5 Å². The largest absolute Gasteiger partial charge is 0.265 e. The predicted octanol–water partition coefficient (Wildman–Crippen LogP) is 4.09. The van der Waals surface area contributed by atoms with E-state index in [2.05, 4.69) is 33.3 Å². The lowest BCUT2D eigenvalue weighted by Crippen LogP contribution is -2.00. The van der Waals surface area contributed by atoms with Gasteiger partial charge in [0.05, 0.1) is 17.3 Å². The molecule has 0 saturated carbocycles. The number of para-hydroxylation sites is 1. The number of halogens is 1. The molecule has 0 N–H and O–H groups in total. The Hall–Kier alpha value is -3.25. The maximum absolute atomic E-state index is 6.11. The van der Waals surface area contributed by atoms with Gasteiger partial charge < -0.3 is 0 Å². The van der Waals surface area contributed by atoms with E-state index < -0.39 is 0 Å². The normalized spacial score (nSPS) is 11.5. The molecular formula is C19H13ClN6. The number of benzene rings is 2. The van der Waals surface area contributed by atoms with E-state index in [4.69, 9.17) is 11.6 Å².